The van der Waals surface area contributed by atoms with Crippen LogP contribution in [0.2, 0.25) is 0 Å². The molecule has 3 N–H and O–H groups in total. The molecular formula is C77H147NO5. The van der Waals surface area contributed by atoms with Crippen molar-refractivity contribution in [3.63, 3.8) is 0 Å². The largest absolute Gasteiger partial charge is 0.466 e. The lowest BCUT2D eigenvalue weighted by Crippen LogP contribution is -2.45. The number of esters is 1. The van der Waals surface area contributed by atoms with Crippen LogP contribution in [-0.4, -0.2) is 47.4 Å². The third-order valence-electron chi connectivity index (χ3n) is 17.7. The third-order valence-corrected chi connectivity index (χ3v) is 17.7. The molecule has 490 valence electrons. The van der Waals surface area contributed by atoms with Crippen molar-refractivity contribution in [2.24, 2.45) is 0 Å². The van der Waals surface area contributed by atoms with E-state index in [2.05, 4.69) is 55.6 Å². The van der Waals surface area contributed by atoms with Crippen LogP contribution >= 0.6 is 0 Å². The van der Waals surface area contributed by atoms with Crippen LogP contribution < -0.4 is 5.32 Å². The quantitative estimate of drug-likeness (QED) is 0.0320. The number of ether oxygens (including phenoxy) is 1. The Morgan fingerprint density at radius 3 is 0.952 bits per heavy atom. The molecular weight excluding hydrogens is 1020 g/mol. The van der Waals surface area contributed by atoms with Crippen LogP contribution in [0.25, 0.3) is 0 Å². The maximum Gasteiger partial charge on any atom is 0.305 e. The minimum atomic E-state index is -0.663. The Labute approximate surface area is 519 Å². The van der Waals surface area contributed by atoms with Gasteiger partial charge in [-0.1, -0.05) is 359 Å². The predicted octanol–water partition coefficient (Wildman–Crippen LogP) is 24.7. The van der Waals surface area contributed by atoms with Gasteiger partial charge in [-0.15, -0.1) is 0 Å². The van der Waals surface area contributed by atoms with E-state index in [1.165, 1.54) is 334 Å². The summed E-state index contributed by atoms with van der Waals surface area (Å²) < 4.78 is 5.48. The van der Waals surface area contributed by atoms with E-state index >= 15 is 0 Å². The molecule has 0 spiro atoms. The van der Waals surface area contributed by atoms with E-state index in [0.717, 1.165) is 51.4 Å². The number of unbranched alkanes of at least 4 members (excludes halogenated alkanes) is 54. The molecule has 0 heterocycles. The van der Waals surface area contributed by atoms with Gasteiger partial charge in [0, 0.05) is 12.8 Å². The van der Waals surface area contributed by atoms with Crippen LogP contribution in [0.4, 0.5) is 0 Å². The van der Waals surface area contributed by atoms with E-state index in [1.807, 2.05) is 0 Å². The molecule has 0 rings (SSSR count). The molecule has 83 heavy (non-hydrogen) atoms. The minimum absolute atomic E-state index is 0.00900. The molecule has 0 saturated carbocycles. The summed E-state index contributed by atoms with van der Waals surface area (Å²) in [4.78, 5) is 24.6. The van der Waals surface area contributed by atoms with Gasteiger partial charge in [0.15, 0.2) is 0 Å². The zero-order chi connectivity index (χ0) is 59.9. The highest BCUT2D eigenvalue weighted by Crippen LogP contribution is 2.19. The van der Waals surface area contributed by atoms with Gasteiger partial charge in [0.05, 0.1) is 25.4 Å². The molecule has 2 atom stereocenters. The summed E-state index contributed by atoms with van der Waals surface area (Å²) in [5.41, 5.74) is 0. The zero-order valence-corrected chi connectivity index (χ0v) is 56.2. The fourth-order valence-corrected chi connectivity index (χ4v) is 11.9. The van der Waals surface area contributed by atoms with Gasteiger partial charge >= 0.3 is 5.97 Å². The number of aliphatic hydroxyl groups is 2. The van der Waals surface area contributed by atoms with Crippen LogP contribution in [0, 0.1) is 0 Å². The molecule has 6 nitrogen and oxygen atoms in total. The normalized spacial score (nSPS) is 12.7. The molecule has 0 aliphatic heterocycles. The minimum Gasteiger partial charge on any atom is -0.466 e. The van der Waals surface area contributed by atoms with E-state index in [-0.39, 0.29) is 18.5 Å². The molecule has 0 saturated heterocycles. The van der Waals surface area contributed by atoms with Crippen LogP contribution in [0.5, 0.6) is 0 Å². The molecule has 1 amide bonds. The average molecular weight is 1170 g/mol. The van der Waals surface area contributed by atoms with Gasteiger partial charge < -0.3 is 20.3 Å². The lowest BCUT2D eigenvalue weighted by Gasteiger charge is -2.22. The van der Waals surface area contributed by atoms with Gasteiger partial charge in [0.25, 0.3) is 0 Å². The molecule has 0 aromatic carbocycles. The highest BCUT2D eigenvalue weighted by molar-refractivity contribution is 5.76. The van der Waals surface area contributed by atoms with Gasteiger partial charge in [-0.2, -0.15) is 0 Å². The number of carbonyl (C=O) groups excluding carboxylic acids is 2. The Bertz CT molecular complexity index is 1340. The van der Waals surface area contributed by atoms with Gasteiger partial charge in [0.2, 0.25) is 5.91 Å². The molecule has 0 bridgehead atoms. The lowest BCUT2D eigenvalue weighted by atomic mass is 10.0. The summed E-state index contributed by atoms with van der Waals surface area (Å²) in [7, 11) is 0. The smallest absolute Gasteiger partial charge is 0.305 e. The van der Waals surface area contributed by atoms with Crippen molar-refractivity contribution >= 4 is 11.9 Å². The molecule has 0 aliphatic rings. The van der Waals surface area contributed by atoms with Gasteiger partial charge in [0.1, 0.15) is 0 Å². The van der Waals surface area contributed by atoms with E-state index in [4.69, 9.17) is 4.74 Å². The fourth-order valence-electron chi connectivity index (χ4n) is 11.9. The number of allylic oxidation sites excluding steroid dienone is 6. The second kappa shape index (κ2) is 72.6. The molecule has 0 fully saturated rings. The number of aliphatic hydroxyl groups excluding tert-OH is 2. The first-order chi connectivity index (χ1) is 41.0. The van der Waals surface area contributed by atoms with E-state index in [9.17, 15) is 19.8 Å². The second-order valence-corrected chi connectivity index (χ2v) is 26.0. The van der Waals surface area contributed by atoms with E-state index in [0.29, 0.717) is 25.9 Å². The highest BCUT2D eigenvalue weighted by Gasteiger charge is 2.20. The van der Waals surface area contributed by atoms with Crippen molar-refractivity contribution in [2.75, 3.05) is 13.2 Å². The maximum atomic E-state index is 12.5. The zero-order valence-electron chi connectivity index (χ0n) is 56.2. The number of hydrogen-bond donors (Lipinski definition) is 3. The number of nitrogens with one attached hydrogen (secondary N) is 1. The monoisotopic (exact) mass is 1170 g/mol. The topological polar surface area (TPSA) is 95.9 Å². The molecule has 0 aromatic rings. The van der Waals surface area contributed by atoms with E-state index in [1.54, 1.807) is 0 Å². The summed E-state index contributed by atoms with van der Waals surface area (Å²) in [6, 6.07) is -0.540. The van der Waals surface area contributed by atoms with Crippen molar-refractivity contribution in [3.8, 4) is 0 Å². The van der Waals surface area contributed by atoms with Crippen molar-refractivity contribution in [2.45, 2.75) is 431 Å². The maximum absolute atomic E-state index is 12.5. The molecule has 0 aliphatic carbocycles. The lowest BCUT2D eigenvalue weighted by molar-refractivity contribution is -0.143. The van der Waals surface area contributed by atoms with E-state index < -0.39 is 12.1 Å². The number of amides is 1. The van der Waals surface area contributed by atoms with Crippen LogP contribution in [0.3, 0.4) is 0 Å². The number of carbonyl (C=O) groups is 2. The van der Waals surface area contributed by atoms with Gasteiger partial charge in [-0.05, 0) is 83.5 Å². The van der Waals surface area contributed by atoms with Crippen LogP contribution in [0.1, 0.15) is 418 Å². The Balaban J connectivity index is 3.36. The number of hydrogen-bond acceptors (Lipinski definition) is 5. The Morgan fingerprint density at radius 1 is 0.337 bits per heavy atom. The van der Waals surface area contributed by atoms with Crippen LogP contribution in [0.15, 0.2) is 36.5 Å². The Kier molecular flexibility index (Phi) is 70.9. The van der Waals surface area contributed by atoms with Gasteiger partial charge in [-0.25, -0.2) is 0 Å². The SMILES string of the molecule is CCCCC/C=C\CCCCCCCC(=O)OCCCCCCCCCCCCCCC/C=C\C/C=C\CCCCCCCCCCCCCCCCCCCC(=O)NC(CO)C(O)CCCCCCCCCCCCCCCCCCC. The van der Waals surface area contributed by atoms with Crippen molar-refractivity contribution in [1.82, 2.24) is 5.32 Å². The first-order valence-corrected chi connectivity index (χ1v) is 37.7. The van der Waals surface area contributed by atoms with Crippen LogP contribution in [-0.2, 0) is 14.3 Å². The second-order valence-electron chi connectivity index (χ2n) is 26.0. The molecule has 6 heteroatoms. The first kappa shape index (κ1) is 81.1. The standard InChI is InChI=1S/C77H147NO5/c1-3-5-7-9-11-13-15-17-18-40-43-46-49-53-57-61-65-69-75(80)74(73-79)78-76(81)70-66-62-58-54-50-47-44-41-38-36-34-32-30-28-26-24-22-20-19-21-23-25-27-29-31-33-35-37-39-42-45-48-52-56-60-64-68-72-83-77(82)71-67-63-59-55-51-16-14-12-10-8-6-4-2/h12,14,19,21,25,27,74-75,79-80H,3-11,13,15-18,20,22-24,26,28-73H2,1-2H3,(H,78,81)/b14-12-,21-19-,27-25-. The Hall–Kier alpha value is -1.92. The molecule has 2 unspecified atom stereocenters. The van der Waals surface area contributed by atoms with Crippen molar-refractivity contribution in [1.29, 1.82) is 0 Å². The average Bonchev–Trinajstić information content (AvgIpc) is 3.49. The van der Waals surface area contributed by atoms with Crippen molar-refractivity contribution in [3.05, 3.63) is 36.5 Å². The third kappa shape index (κ3) is 69.1. The summed E-state index contributed by atoms with van der Waals surface area (Å²) in [5.74, 6) is -0.0195. The summed E-state index contributed by atoms with van der Waals surface area (Å²) in [5, 5.41) is 23.4. The fraction of sp³-hybridized carbons (Fsp3) is 0.896. The molecule has 0 radical (unpaired) electrons. The summed E-state index contributed by atoms with van der Waals surface area (Å²) in [6.45, 7) is 4.96. The van der Waals surface area contributed by atoms with Crippen molar-refractivity contribution < 1.29 is 24.5 Å². The summed E-state index contributed by atoms with van der Waals surface area (Å²) >= 11 is 0. The first-order valence-electron chi connectivity index (χ1n) is 37.7. The van der Waals surface area contributed by atoms with Gasteiger partial charge in [-0.3, -0.25) is 9.59 Å². The highest BCUT2D eigenvalue weighted by atomic mass is 16.5. The Morgan fingerprint density at radius 2 is 0.602 bits per heavy atom. The molecule has 0 aromatic heterocycles. The summed E-state index contributed by atoms with van der Waals surface area (Å²) in [6.07, 6.45) is 93.7. The predicted molar refractivity (Wildman–Crippen MR) is 366 cm³/mol. The number of rotatable bonds is 71.